The van der Waals surface area contributed by atoms with Crippen LogP contribution in [0.3, 0.4) is 0 Å². The van der Waals surface area contributed by atoms with Gasteiger partial charge in [-0.2, -0.15) is 9.83 Å². The van der Waals surface area contributed by atoms with Crippen molar-refractivity contribution in [3.8, 4) is 39.6 Å². The lowest BCUT2D eigenvalue weighted by Crippen LogP contribution is -2.33. The van der Waals surface area contributed by atoms with Crippen LogP contribution in [-0.2, 0) is 12.5 Å². The van der Waals surface area contributed by atoms with E-state index in [1.165, 1.54) is 4.57 Å². The van der Waals surface area contributed by atoms with Gasteiger partial charge in [-0.25, -0.2) is 4.39 Å². The van der Waals surface area contributed by atoms with Gasteiger partial charge in [0.05, 0.1) is 18.6 Å². The number of aryl methyl sites for hydroxylation is 1. The summed E-state index contributed by atoms with van der Waals surface area (Å²) >= 11 is 0. The Labute approximate surface area is 236 Å². The van der Waals surface area contributed by atoms with Crippen LogP contribution < -0.4 is 4.57 Å². The predicted molar refractivity (Wildman–Crippen MR) is 159 cm³/mol. The summed E-state index contributed by atoms with van der Waals surface area (Å²) < 4.78 is 41.1. The van der Waals surface area contributed by atoms with E-state index < -0.39 is 11.2 Å². The second-order valence-corrected chi connectivity index (χ2v) is 11.2. The summed E-state index contributed by atoms with van der Waals surface area (Å²) in [5.74, 6) is -0.687. The minimum absolute atomic E-state index is 0.0315. The van der Waals surface area contributed by atoms with Crippen molar-refractivity contribution in [2.45, 2.75) is 33.1 Å². The van der Waals surface area contributed by atoms with Crippen LogP contribution in [0.5, 0.6) is 0 Å². The molecular formula is C36H30FN2O+. The first-order chi connectivity index (χ1) is 20.0. The minimum Gasteiger partial charge on any atom is -0.454 e. The van der Waals surface area contributed by atoms with Gasteiger partial charge in [-0.15, -0.1) is 0 Å². The molecule has 0 amide bonds. The van der Waals surface area contributed by atoms with E-state index >= 15 is 4.39 Å². The maximum Gasteiger partial charge on any atom is 0.216 e. The molecule has 2 aromatic heterocycles. The number of hydrogen-bond acceptors (Lipinski definition) is 2. The maximum absolute atomic E-state index is 15.4. The first-order valence-electron chi connectivity index (χ1n) is 14.3. The first kappa shape index (κ1) is 23.2. The van der Waals surface area contributed by atoms with Crippen LogP contribution in [0.25, 0.3) is 55.4 Å². The number of pyridine rings is 1. The van der Waals surface area contributed by atoms with Crippen LogP contribution in [0.15, 0.2) is 95.5 Å². The summed E-state index contributed by atoms with van der Waals surface area (Å²) in [6, 6.07) is 28.2. The molecule has 0 unspecified atom stereocenters. The quantitative estimate of drug-likeness (QED) is 0.215. The van der Waals surface area contributed by atoms with E-state index in [4.69, 9.17) is 7.16 Å². The van der Waals surface area contributed by atoms with Crippen LogP contribution in [-0.4, -0.2) is 0 Å². The summed E-state index contributed by atoms with van der Waals surface area (Å²) in [7, 11) is 1.61. The molecule has 0 bridgehead atoms. The van der Waals surface area contributed by atoms with Crippen molar-refractivity contribution >= 4 is 21.9 Å². The molecule has 0 aliphatic rings. The van der Waals surface area contributed by atoms with Crippen molar-refractivity contribution in [1.82, 2.24) is 0 Å². The van der Waals surface area contributed by atoms with Gasteiger partial charge >= 0.3 is 0 Å². The summed E-state index contributed by atoms with van der Waals surface area (Å²) in [4.78, 5) is 0. The molecule has 2 heterocycles. The fourth-order valence-corrected chi connectivity index (χ4v) is 5.40. The Morgan fingerprint density at radius 2 is 1.43 bits per heavy atom. The minimum atomic E-state index is -0.687. The number of nitriles is 1. The third-order valence-corrected chi connectivity index (χ3v) is 7.47. The zero-order chi connectivity index (χ0) is 29.9. The standard InChI is InChI=1S/C36H30FN2O/c1-22-11-17-27-28-18-16-26(20-38)33(25-14-12-24(13-15-25)23-9-7-6-8-10-23)35(28)40-34(27)32(22)31-19-29(36(2,3)4)30(37)21-39(31)5/h6-19,21H,1-5H3/q+1/i19D,21D. The zero-order valence-electron chi connectivity index (χ0n) is 25.2. The molecule has 0 N–H and O–H groups in total. The Morgan fingerprint density at radius 3 is 2.08 bits per heavy atom. The number of halogens is 1. The van der Waals surface area contributed by atoms with Crippen LogP contribution in [0.4, 0.5) is 4.39 Å². The second kappa shape index (κ2) is 9.47. The number of furan rings is 1. The molecule has 6 aromatic rings. The van der Waals surface area contributed by atoms with Crippen molar-refractivity contribution in [2.75, 3.05) is 0 Å². The summed E-state index contributed by atoms with van der Waals surface area (Å²) in [5, 5.41) is 11.7. The molecule has 0 spiro atoms. The number of hydrogen-bond donors (Lipinski definition) is 0. The third-order valence-electron chi connectivity index (χ3n) is 7.47. The Bertz CT molecular complexity index is 2070. The van der Waals surface area contributed by atoms with Crippen molar-refractivity contribution in [3.63, 3.8) is 0 Å². The SMILES string of the molecule is [2H]c1c(C(C)(C)C)c(F)c([2H])[n+](C)c1-c1c(C)ccc2c1oc1c(-c3ccc(-c4ccccc4)cc3)c(C#N)ccc12. The molecule has 4 aromatic carbocycles. The number of fused-ring (bicyclic) bond motifs is 3. The third kappa shape index (κ3) is 4.15. The van der Waals surface area contributed by atoms with E-state index in [0.29, 0.717) is 33.6 Å². The Hall–Kier alpha value is -4.75. The lowest BCUT2D eigenvalue weighted by Gasteiger charge is -2.19. The highest BCUT2D eigenvalue weighted by Crippen LogP contribution is 2.42. The van der Waals surface area contributed by atoms with Crippen molar-refractivity contribution in [3.05, 3.63) is 114 Å². The van der Waals surface area contributed by atoms with Crippen molar-refractivity contribution in [2.24, 2.45) is 7.05 Å². The van der Waals surface area contributed by atoms with Gasteiger partial charge in [-0.05, 0) is 46.7 Å². The van der Waals surface area contributed by atoms with Crippen LogP contribution >= 0.6 is 0 Å². The second-order valence-electron chi connectivity index (χ2n) is 11.2. The summed E-state index contributed by atoms with van der Waals surface area (Å²) in [6.45, 7) is 7.47. The summed E-state index contributed by atoms with van der Waals surface area (Å²) in [5.41, 5.74) is 6.73. The molecule has 6 rings (SSSR count). The lowest BCUT2D eigenvalue weighted by atomic mass is 9.86. The maximum atomic E-state index is 15.4. The topological polar surface area (TPSA) is 40.8 Å². The van der Waals surface area contributed by atoms with Crippen LogP contribution in [0.1, 0.15) is 40.2 Å². The molecule has 0 saturated heterocycles. The Kier molecular flexibility index (Phi) is 5.48. The van der Waals surface area contributed by atoms with E-state index in [1.54, 1.807) is 7.05 Å². The molecule has 0 fully saturated rings. The predicted octanol–water partition coefficient (Wildman–Crippen LogP) is 9.03. The largest absolute Gasteiger partial charge is 0.454 e. The fraction of sp³-hybridized carbons (Fsp3) is 0.167. The molecular weight excluding hydrogens is 495 g/mol. The molecule has 0 aliphatic heterocycles. The molecule has 196 valence electrons. The highest BCUT2D eigenvalue weighted by Gasteiger charge is 2.28. The smallest absolute Gasteiger partial charge is 0.216 e. The molecule has 0 saturated carbocycles. The van der Waals surface area contributed by atoms with E-state index in [2.05, 4.69) is 18.2 Å². The molecule has 0 radical (unpaired) electrons. The van der Waals surface area contributed by atoms with E-state index in [1.807, 2.05) is 94.4 Å². The highest BCUT2D eigenvalue weighted by atomic mass is 19.1. The average Bonchev–Trinajstić information content (AvgIpc) is 3.35. The number of benzene rings is 4. The van der Waals surface area contributed by atoms with Gasteiger partial charge in [0.2, 0.25) is 11.9 Å². The van der Waals surface area contributed by atoms with Gasteiger partial charge in [0.15, 0.2) is 5.82 Å². The Morgan fingerprint density at radius 1 is 0.825 bits per heavy atom. The Balaban J connectivity index is 1.65. The monoisotopic (exact) mass is 527 g/mol. The fourth-order valence-electron chi connectivity index (χ4n) is 5.40. The number of rotatable bonds is 3. The molecule has 0 aliphatic carbocycles. The number of nitrogens with zero attached hydrogens (tertiary/aromatic N) is 2. The zero-order valence-corrected chi connectivity index (χ0v) is 23.2. The lowest BCUT2D eigenvalue weighted by molar-refractivity contribution is -0.662. The van der Waals surface area contributed by atoms with Gasteiger partial charge in [-0.3, -0.25) is 0 Å². The van der Waals surface area contributed by atoms with E-state index in [9.17, 15) is 5.26 Å². The molecule has 40 heavy (non-hydrogen) atoms. The van der Waals surface area contributed by atoms with Gasteiger partial charge in [0.1, 0.15) is 19.6 Å². The first-order valence-corrected chi connectivity index (χ1v) is 13.3. The van der Waals surface area contributed by atoms with Crippen LogP contribution in [0.2, 0.25) is 0 Å². The van der Waals surface area contributed by atoms with E-state index in [-0.39, 0.29) is 17.8 Å². The highest BCUT2D eigenvalue weighted by molar-refractivity contribution is 6.14. The van der Waals surface area contributed by atoms with Gasteiger partial charge in [0.25, 0.3) is 0 Å². The van der Waals surface area contributed by atoms with Gasteiger partial charge in [-0.1, -0.05) is 87.5 Å². The van der Waals surface area contributed by atoms with Gasteiger partial charge in [0, 0.05) is 27.9 Å². The van der Waals surface area contributed by atoms with Gasteiger partial charge < -0.3 is 4.42 Å². The van der Waals surface area contributed by atoms with Crippen molar-refractivity contribution < 1.29 is 16.1 Å². The molecule has 4 heteroatoms. The average molecular weight is 528 g/mol. The van der Waals surface area contributed by atoms with Crippen LogP contribution in [0, 0.1) is 24.1 Å². The van der Waals surface area contributed by atoms with Crippen molar-refractivity contribution in [1.29, 1.82) is 5.26 Å². The number of aromatic nitrogens is 1. The normalized spacial score (nSPS) is 12.4. The molecule has 3 nitrogen and oxygen atoms in total. The molecule has 0 atom stereocenters. The van der Waals surface area contributed by atoms with E-state index in [0.717, 1.165) is 33.0 Å². The summed E-state index contributed by atoms with van der Waals surface area (Å²) in [6.07, 6.45) is -0.288.